The van der Waals surface area contributed by atoms with Gasteiger partial charge in [0.15, 0.2) is 18.9 Å². The number of nitrogens with zero attached hydrogens (tertiary/aromatic N) is 2. The third-order valence-corrected chi connectivity index (χ3v) is 2.85. The van der Waals surface area contributed by atoms with Crippen molar-refractivity contribution in [2.75, 3.05) is 0 Å². The van der Waals surface area contributed by atoms with Crippen molar-refractivity contribution in [2.24, 2.45) is 0 Å². The fraction of sp³-hybridized carbons (Fsp3) is 0.333. The van der Waals surface area contributed by atoms with E-state index in [-0.39, 0.29) is 12.4 Å². The third-order valence-electron chi connectivity index (χ3n) is 2.85. The maximum Gasteiger partial charge on any atom is 0.169 e. The van der Waals surface area contributed by atoms with Crippen LogP contribution in [0.3, 0.4) is 0 Å². The Hall–Kier alpha value is -1.41. The van der Waals surface area contributed by atoms with E-state index in [0.717, 1.165) is 18.7 Å². The van der Waals surface area contributed by atoms with Gasteiger partial charge in [-0.25, -0.2) is 4.57 Å². The molecule has 2 heterocycles. The Morgan fingerprint density at radius 1 is 1.06 bits per heavy atom. The summed E-state index contributed by atoms with van der Waals surface area (Å²) >= 11 is 0. The van der Waals surface area contributed by atoms with Crippen LogP contribution >= 0.6 is 0 Å². The van der Waals surface area contributed by atoms with Crippen LogP contribution in [0, 0.1) is 0 Å². The molecule has 0 aliphatic carbocycles. The van der Waals surface area contributed by atoms with Gasteiger partial charge in [0.2, 0.25) is 0 Å². The van der Waals surface area contributed by atoms with E-state index in [1.54, 1.807) is 0 Å². The molecule has 0 aliphatic heterocycles. The molecule has 0 amide bonds. The molecular formula is C15H19ClN2. The summed E-state index contributed by atoms with van der Waals surface area (Å²) in [5.41, 5.74) is 2.57. The van der Waals surface area contributed by atoms with E-state index in [0.29, 0.717) is 0 Å². The first-order valence-corrected chi connectivity index (χ1v) is 6.26. The van der Waals surface area contributed by atoms with Gasteiger partial charge in [0.05, 0.1) is 0 Å². The fourth-order valence-corrected chi connectivity index (χ4v) is 1.88. The third kappa shape index (κ3) is 4.46. The maximum absolute atomic E-state index is 4.33. The largest absolute Gasteiger partial charge is 1.00 e. The molecule has 0 unspecified atom stereocenters. The van der Waals surface area contributed by atoms with E-state index in [9.17, 15) is 0 Å². The molecule has 2 aromatic heterocycles. The molecular weight excluding hydrogens is 244 g/mol. The summed E-state index contributed by atoms with van der Waals surface area (Å²) in [6, 6.07) is 10.5. The molecule has 0 atom stereocenters. The van der Waals surface area contributed by atoms with Gasteiger partial charge in [-0.15, -0.1) is 0 Å². The van der Waals surface area contributed by atoms with Crippen molar-refractivity contribution >= 4 is 0 Å². The van der Waals surface area contributed by atoms with Crippen LogP contribution in [0.25, 0.3) is 0 Å². The van der Waals surface area contributed by atoms with E-state index in [1.165, 1.54) is 18.4 Å². The molecule has 0 N–H and O–H groups in total. The van der Waals surface area contributed by atoms with Crippen molar-refractivity contribution in [1.29, 1.82) is 0 Å². The van der Waals surface area contributed by atoms with Gasteiger partial charge >= 0.3 is 0 Å². The molecule has 18 heavy (non-hydrogen) atoms. The average molecular weight is 263 g/mol. The Morgan fingerprint density at radius 2 is 1.83 bits per heavy atom. The number of aromatic nitrogens is 2. The lowest BCUT2D eigenvalue weighted by Gasteiger charge is -1.99. The van der Waals surface area contributed by atoms with Gasteiger partial charge in [0.25, 0.3) is 0 Å². The van der Waals surface area contributed by atoms with Crippen molar-refractivity contribution in [3.63, 3.8) is 0 Å². The highest BCUT2D eigenvalue weighted by atomic mass is 35.5. The van der Waals surface area contributed by atoms with Crippen LogP contribution in [0.4, 0.5) is 0 Å². The Bertz CT molecular complexity index is 440. The summed E-state index contributed by atoms with van der Waals surface area (Å²) in [7, 11) is 0. The number of halogens is 1. The second kappa shape index (κ2) is 7.83. The summed E-state index contributed by atoms with van der Waals surface area (Å²) in [5, 5.41) is 0. The first-order valence-electron chi connectivity index (χ1n) is 6.26. The molecule has 96 valence electrons. The van der Waals surface area contributed by atoms with E-state index in [4.69, 9.17) is 0 Å². The molecule has 0 bridgehead atoms. The second-order valence-electron chi connectivity index (χ2n) is 4.27. The lowest BCUT2D eigenvalue weighted by Crippen LogP contribution is -3.00. The van der Waals surface area contributed by atoms with Gasteiger partial charge < -0.3 is 12.4 Å². The lowest BCUT2D eigenvalue weighted by molar-refractivity contribution is -0.696. The normalized spacial score (nSPS) is 9.83. The van der Waals surface area contributed by atoms with Gasteiger partial charge in [-0.1, -0.05) is 19.4 Å². The van der Waals surface area contributed by atoms with Gasteiger partial charge in [0.1, 0.15) is 0 Å². The Labute approximate surface area is 115 Å². The molecule has 0 aliphatic rings. The average Bonchev–Trinajstić information content (AvgIpc) is 2.40. The predicted molar refractivity (Wildman–Crippen MR) is 68.6 cm³/mol. The highest BCUT2D eigenvalue weighted by molar-refractivity contribution is 5.07. The Kier molecular flexibility index (Phi) is 6.37. The van der Waals surface area contributed by atoms with Crippen LogP contribution in [-0.4, -0.2) is 4.98 Å². The van der Waals surface area contributed by atoms with Gasteiger partial charge in [-0.3, -0.25) is 4.98 Å². The molecule has 0 aromatic carbocycles. The smallest absolute Gasteiger partial charge is 0.169 e. The molecule has 0 fully saturated rings. The summed E-state index contributed by atoms with van der Waals surface area (Å²) in [6.07, 6.45) is 9.53. The molecule has 2 nitrogen and oxygen atoms in total. The van der Waals surface area contributed by atoms with Crippen LogP contribution in [0.5, 0.6) is 0 Å². The summed E-state index contributed by atoms with van der Waals surface area (Å²) in [6.45, 7) is 3.20. The number of aryl methyl sites for hydroxylation is 3. The molecule has 2 aromatic rings. The van der Waals surface area contributed by atoms with Crippen molar-refractivity contribution in [1.82, 2.24) is 4.98 Å². The molecule has 3 heteroatoms. The predicted octanol–water partition coefficient (Wildman–Crippen LogP) is -0.432. The SMILES string of the molecule is CCCc1cc[n+](CCc2ccccn2)cc1.[Cl-]. The summed E-state index contributed by atoms with van der Waals surface area (Å²) in [4.78, 5) is 4.33. The van der Waals surface area contributed by atoms with Crippen LogP contribution in [0.1, 0.15) is 24.6 Å². The zero-order valence-electron chi connectivity index (χ0n) is 10.7. The van der Waals surface area contributed by atoms with Crippen LogP contribution in [-0.2, 0) is 19.4 Å². The number of hydrogen-bond donors (Lipinski definition) is 0. The fourth-order valence-electron chi connectivity index (χ4n) is 1.88. The molecule has 0 radical (unpaired) electrons. The summed E-state index contributed by atoms with van der Waals surface area (Å²) in [5.74, 6) is 0. The first-order chi connectivity index (χ1) is 8.38. The zero-order chi connectivity index (χ0) is 11.9. The van der Waals surface area contributed by atoms with Crippen molar-refractivity contribution in [2.45, 2.75) is 32.7 Å². The number of hydrogen-bond acceptors (Lipinski definition) is 1. The lowest BCUT2D eigenvalue weighted by atomic mass is 10.1. The minimum absolute atomic E-state index is 0. The van der Waals surface area contributed by atoms with E-state index in [2.05, 4.69) is 47.1 Å². The molecule has 0 spiro atoms. The van der Waals surface area contributed by atoms with Crippen molar-refractivity contribution in [3.05, 3.63) is 60.2 Å². The van der Waals surface area contributed by atoms with Gasteiger partial charge in [-0.2, -0.15) is 0 Å². The van der Waals surface area contributed by atoms with E-state index >= 15 is 0 Å². The van der Waals surface area contributed by atoms with Crippen molar-refractivity contribution < 1.29 is 17.0 Å². The standard InChI is InChI=1S/C15H19N2.ClH/c1-2-5-14-7-11-17(12-8-14)13-9-15-6-3-4-10-16-15;/h3-4,6-8,10-12H,2,5,9,13H2,1H3;1H/q+1;/p-1. The molecule has 0 saturated carbocycles. The molecule has 2 rings (SSSR count). The molecule has 0 saturated heterocycles. The van der Waals surface area contributed by atoms with Crippen molar-refractivity contribution in [3.8, 4) is 0 Å². The Balaban J connectivity index is 0.00000162. The van der Waals surface area contributed by atoms with Crippen LogP contribution in [0.15, 0.2) is 48.9 Å². The van der Waals surface area contributed by atoms with Crippen LogP contribution in [0.2, 0.25) is 0 Å². The highest BCUT2D eigenvalue weighted by Crippen LogP contribution is 1.99. The highest BCUT2D eigenvalue weighted by Gasteiger charge is 2.02. The Morgan fingerprint density at radius 3 is 2.44 bits per heavy atom. The zero-order valence-corrected chi connectivity index (χ0v) is 11.5. The monoisotopic (exact) mass is 262 g/mol. The second-order valence-corrected chi connectivity index (χ2v) is 4.27. The van der Waals surface area contributed by atoms with Crippen LogP contribution < -0.4 is 17.0 Å². The topological polar surface area (TPSA) is 16.8 Å². The van der Waals surface area contributed by atoms with E-state index in [1.807, 2.05) is 18.3 Å². The quantitative estimate of drug-likeness (QED) is 0.669. The van der Waals surface area contributed by atoms with E-state index < -0.39 is 0 Å². The number of pyridine rings is 2. The minimum atomic E-state index is 0. The van der Waals surface area contributed by atoms with Gasteiger partial charge in [0, 0.05) is 30.4 Å². The minimum Gasteiger partial charge on any atom is -1.00 e. The summed E-state index contributed by atoms with van der Waals surface area (Å²) < 4.78 is 2.22. The number of rotatable bonds is 5. The maximum atomic E-state index is 4.33. The first kappa shape index (κ1) is 14.7. The van der Waals surface area contributed by atoms with Gasteiger partial charge in [-0.05, 0) is 24.1 Å².